The average molecular weight is 547 g/mol. The van der Waals surface area contributed by atoms with Gasteiger partial charge in [-0.15, -0.1) is 0 Å². The second kappa shape index (κ2) is 8.55. The first kappa shape index (κ1) is 25.3. The minimum absolute atomic E-state index is 0.0462. The fourth-order valence-corrected chi connectivity index (χ4v) is 7.29. The Hall–Kier alpha value is -4.44. The van der Waals surface area contributed by atoms with E-state index < -0.39 is 0 Å². The number of benzene rings is 5. The molecule has 0 atom stereocenters. The summed E-state index contributed by atoms with van der Waals surface area (Å²) in [5.74, 6) is 1.83. The van der Waals surface area contributed by atoms with Crippen molar-refractivity contribution in [2.45, 2.75) is 52.4 Å². The minimum atomic E-state index is -0.0871. The zero-order valence-corrected chi connectivity index (χ0v) is 25.2. The van der Waals surface area contributed by atoms with Gasteiger partial charge in [0.1, 0.15) is 11.5 Å². The topological polar surface area (TPSA) is 17.4 Å². The second-order valence-corrected chi connectivity index (χ2v) is 13.8. The van der Waals surface area contributed by atoms with Crippen molar-refractivity contribution in [3.8, 4) is 17.2 Å². The van der Waals surface area contributed by atoms with Crippen molar-refractivity contribution in [3.63, 3.8) is 0 Å². The minimum Gasteiger partial charge on any atom is -0.453 e. The summed E-state index contributed by atoms with van der Waals surface area (Å²) >= 11 is 0. The molecule has 3 nitrogen and oxygen atoms in total. The van der Waals surface area contributed by atoms with Crippen LogP contribution in [0.25, 0.3) is 27.5 Å². The lowest BCUT2D eigenvalue weighted by Crippen LogP contribution is -2.59. The molecule has 0 saturated heterocycles. The van der Waals surface area contributed by atoms with Crippen LogP contribution in [0, 0.1) is 0 Å². The standard InChI is InChI=1S/C38H35BN2O/c1-37(2,3)26-16-12-22-32-35(26)41(36-27(38(4,5)6)17-13-23-33(36)42-32)39-28-18-8-10-21-31(28)40-30-20-9-7-14-24(30)25-15-11-19-29(39)34(25)40/h7-23H,1-6H3. The van der Waals surface area contributed by atoms with E-state index in [1.165, 1.54) is 49.5 Å². The molecule has 0 aliphatic carbocycles. The van der Waals surface area contributed by atoms with Crippen molar-refractivity contribution in [3.05, 3.63) is 114 Å². The van der Waals surface area contributed by atoms with Crippen LogP contribution in [0.15, 0.2) is 103 Å². The van der Waals surface area contributed by atoms with E-state index in [0.717, 1.165) is 22.9 Å². The summed E-state index contributed by atoms with van der Waals surface area (Å²) < 4.78 is 9.29. The summed E-state index contributed by atoms with van der Waals surface area (Å²) in [5.41, 5.74) is 11.1. The Balaban J connectivity index is 1.55. The van der Waals surface area contributed by atoms with Gasteiger partial charge in [0.15, 0.2) is 0 Å². The van der Waals surface area contributed by atoms with Gasteiger partial charge in [-0.3, -0.25) is 0 Å². The molecule has 3 heterocycles. The predicted octanol–water partition coefficient (Wildman–Crippen LogP) is 8.74. The third-order valence-corrected chi connectivity index (χ3v) is 9.07. The zero-order chi connectivity index (χ0) is 29.0. The molecule has 206 valence electrons. The van der Waals surface area contributed by atoms with E-state index >= 15 is 0 Å². The summed E-state index contributed by atoms with van der Waals surface area (Å²) in [4.78, 5) is 2.63. The molecule has 0 radical (unpaired) electrons. The molecule has 5 aromatic carbocycles. The lowest BCUT2D eigenvalue weighted by molar-refractivity contribution is 0.469. The summed E-state index contributed by atoms with van der Waals surface area (Å²) in [7, 11) is 0. The van der Waals surface area contributed by atoms with Crippen LogP contribution in [0.3, 0.4) is 0 Å². The molecular formula is C38H35BN2O. The highest BCUT2D eigenvalue weighted by Crippen LogP contribution is 2.54. The Bertz CT molecular complexity index is 1990. The van der Waals surface area contributed by atoms with Crippen molar-refractivity contribution in [1.82, 2.24) is 4.57 Å². The first-order valence-electron chi connectivity index (χ1n) is 15.0. The summed E-state index contributed by atoms with van der Waals surface area (Å²) in [6.07, 6.45) is 0. The molecule has 42 heavy (non-hydrogen) atoms. The van der Waals surface area contributed by atoms with Crippen LogP contribution in [-0.2, 0) is 10.8 Å². The van der Waals surface area contributed by atoms with Gasteiger partial charge in [0.2, 0.25) is 0 Å². The van der Waals surface area contributed by atoms with Gasteiger partial charge in [-0.1, -0.05) is 120 Å². The van der Waals surface area contributed by atoms with Gasteiger partial charge in [-0.05, 0) is 57.1 Å². The van der Waals surface area contributed by atoms with Gasteiger partial charge in [0.25, 0.3) is 0 Å². The molecule has 0 fully saturated rings. The van der Waals surface area contributed by atoms with Gasteiger partial charge in [0, 0.05) is 16.5 Å². The third kappa shape index (κ3) is 3.41. The number of nitrogens with zero attached hydrogens (tertiary/aromatic N) is 2. The number of para-hydroxylation sites is 5. The van der Waals surface area contributed by atoms with Crippen LogP contribution < -0.4 is 20.5 Å². The molecule has 0 amide bonds. The van der Waals surface area contributed by atoms with Crippen LogP contribution in [0.2, 0.25) is 0 Å². The van der Waals surface area contributed by atoms with E-state index in [4.69, 9.17) is 4.74 Å². The quantitative estimate of drug-likeness (QED) is 0.192. The summed E-state index contributed by atoms with van der Waals surface area (Å²) in [6.45, 7) is 13.8. The molecule has 0 spiro atoms. The lowest BCUT2D eigenvalue weighted by atomic mass is 9.46. The molecule has 0 saturated carbocycles. The van der Waals surface area contributed by atoms with Gasteiger partial charge in [0.05, 0.1) is 22.4 Å². The smallest absolute Gasteiger partial charge is 0.332 e. The predicted molar refractivity (Wildman–Crippen MR) is 178 cm³/mol. The van der Waals surface area contributed by atoms with Crippen molar-refractivity contribution in [2.75, 3.05) is 4.81 Å². The summed E-state index contributed by atoms with van der Waals surface area (Å²) in [5, 5.41) is 2.59. The first-order valence-corrected chi connectivity index (χ1v) is 15.0. The average Bonchev–Trinajstić information content (AvgIpc) is 3.31. The van der Waals surface area contributed by atoms with E-state index in [2.05, 4.69) is 154 Å². The zero-order valence-electron chi connectivity index (χ0n) is 25.2. The largest absolute Gasteiger partial charge is 0.453 e. The Kier molecular flexibility index (Phi) is 5.15. The van der Waals surface area contributed by atoms with E-state index in [-0.39, 0.29) is 17.7 Å². The fourth-order valence-electron chi connectivity index (χ4n) is 7.29. The molecule has 2 aliphatic rings. The number of aromatic nitrogens is 1. The number of anilines is 2. The molecule has 0 bridgehead atoms. The van der Waals surface area contributed by atoms with E-state index in [1.807, 2.05) is 0 Å². The molecule has 2 aliphatic heterocycles. The first-order chi connectivity index (χ1) is 20.1. The van der Waals surface area contributed by atoms with Crippen molar-refractivity contribution in [1.29, 1.82) is 0 Å². The van der Waals surface area contributed by atoms with Crippen LogP contribution >= 0.6 is 0 Å². The molecule has 1 aromatic heterocycles. The lowest BCUT2D eigenvalue weighted by Gasteiger charge is -2.44. The third-order valence-electron chi connectivity index (χ3n) is 9.07. The number of hydrogen-bond donors (Lipinski definition) is 0. The maximum Gasteiger partial charge on any atom is 0.332 e. The van der Waals surface area contributed by atoms with Crippen LogP contribution in [0.5, 0.6) is 11.5 Å². The maximum absolute atomic E-state index is 6.80. The summed E-state index contributed by atoms with van der Waals surface area (Å²) in [6, 6.07) is 37.8. The van der Waals surface area contributed by atoms with E-state index in [1.54, 1.807) is 0 Å². The highest BCUT2D eigenvalue weighted by Gasteiger charge is 2.44. The SMILES string of the molecule is CC(C)(C)c1cccc2c1N(B1c3ccccc3-n3c4ccccc4c4cccc1c43)c1c(cccc1C(C)(C)C)O2. The van der Waals surface area contributed by atoms with Gasteiger partial charge in [-0.2, -0.15) is 0 Å². The maximum atomic E-state index is 6.80. The number of rotatable bonds is 1. The Morgan fingerprint density at radius 1 is 0.548 bits per heavy atom. The monoisotopic (exact) mass is 546 g/mol. The Morgan fingerprint density at radius 3 is 1.76 bits per heavy atom. The van der Waals surface area contributed by atoms with Crippen LogP contribution in [-0.4, -0.2) is 11.4 Å². The van der Waals surface area contributed by atoms with Crippen LogP contribution in [0.4, 0.5) is 11.4 Å². The van der Waals surface area contributed by atoms with Crippen molar-refractivity contribution >= 4 is 51.0 Å². The number of hydrogen-bond acceptors (Lipinski definition) is 2. The highest BCUT2D eigenvalue weighted by atomic mass is 16.5. The van der Waals surface area contributed by atoms with Gasteiger partial charge >= 0.3 is 6.85 Å². The van der Waals surface area contributed by atoms with Gasteiger partial charge < -0.3 is 14.1 Å². The normalized spacial score (nSPS) is 14.0. The number of fused-ring (bicyclic) bond motifs is 7. The van der Waals surface area contributed by atoms with Crippen molar-refractivity contribution in [2.24, 2.45) is 0 Å². The highest BCUT2D eigenvalue weighted by molar-refractivity contribution is 6.92. The van der Waals surface area contributed by atoms with Crippen molar-refractivity contribution < 1.29 is 4.74 Å². The Morgan fingerprint density at radius 2 is 1.10 bits per heavy atom. The molecule has 8 rings (SSSR count). The molecule has 4 heteroatoms. The van der Waals surface area contributed by atoms with E-state index in [9.17, 15) is 0 Å². The molecule has 0 unspecified atom stereocenters. The molecular weight excluding hydrogens is 511 g/mol. The number of ether oxygens (including phenoxy) is 1. The van der Waals surface area contributed by atoms with E-state index in [0.29, 0.717) is 0 Å². The van der Waals surface area contributed by atoms with Gasteiger partial charge in [-0.25, -0.2) is 0 Å². The van der Waals surface area contributed by atoms with Crippen LogP contribution in [0.1, 0.15) is 52.7 Å². The second-order valence-electron chi connectivity index (χ2n) is 13.8. The molecule has 6 aromatic rings. The fraction of sp³-hybridized carbons (Fsp3) is 0.211. The molecule has 0 N–H and O–H groups in total. The Labute approximate surface area is 248 Å².